The second kappa shape index (κ2) is 9.18. The Bertz CT molecular complexity index is 782. The molecule has 0 bridgehead atoms. The lowest BCUT2D eigenvalue weighted by atomic mass is 9.75. The Balaban J connectivity index is 1.87. The molecule has 0 unspecified atom stereocenters. The molecule has 1 aliphatic carbocycles. The third-order valence-electron chi connectivity index (χ3n) is 5.92. The summed E-state index contributed by atoms with van der Waals surface area (Å²) in [5.74, 6) is -0.221. The van der Waals surface area contributed by atoms with Crippen molar-refractivity contribution in [2.24, 2.45) is 17.8 Å². The fourth-order valence-corrected chi connectivity index (χ4v) is 4.28. The molecule has 0 aromatic heterocycles. The van der Waals surface area contributed by atoms with Crippen molar-refractivity contribution in [2.45, 2.75) is 52.1 Å². The number of benzene rings is 2. The normalized spacial score (nSPS) is 23.2. The molecule has 3 nitrogen and oxygen atoms in total. The molecule has 0 amide bonds. The van der Waals surface area contributed by atoms with Crippen LogP contribution in [0.15, 0.2) is 60.7 Å². The number of Topliss-reactive ketones (excluding diaryl/α,β-unsaturated/α-hetero) is 1. The van der Waals surface area contributed by atoms with Gasteiger partial charge >= 0.3 is 5.97 Å². The standard InChI is InChI=1S/C25H30O3/c1-17(2)21-15-14-18(3)16-22(21)28-25(27)23(19-10-6-4-7-11-19)24(26)20-12-8-5-9-13-20/h4-13,17-18,21-23H,14-16H2,1-3H3/t18-,21-,22-,23-/m1/s1. The number of hydrogen-bond donors (Lipinski definition) is 0. The van der Waals surface area contributed by atoms with Crippen LogP contribution in [0.5, 0.6) is 0 Å². The molecule has 0 saturated heterocycles. The van der Waals surface area contributed by atoms with Crippen molar-refractivity contribution in [3.63, 3.8) is 0 Å². The number of rotatable bonds is 6. The maximum absolute atomic E-state index is 13.3. The van der Waals surface area contributed by atoms with Gasteiger partial charge in [0.15, 0.2) is 5.78 Å². The molecular weight excluding hydrogens is 348 g/mol. The van der Waals surface area contributed by atoms with E-state index >= 15 is 0 Å². The highest BCUT2D eigenvalue weighted by molar-refractivity contribution is 6.13. The summed E-state index contributed by atoms with van der Waals surface area (Å²) >= 11 is 0. The molecule has 1 aliphatic rings. The van der Waals surface area contributed by atoms with E-state index in [1.807, 2.05) is 48.5 Å². The summed E-state index contributed by atoms with van der Waals surface area (Å²) in [4.78, 5) is 26.5. The maximum Gasteiger partial charge on any atom is 0.321 e. The summed E-state index contributed by atoms with van der Waals surface area (Å²) in [6.45, 7) is 6.58. The average molecular weight is 379 g/mol. The number of hydrogen-bond acceptors (Lipinski definition) is 3. The molecule has 3 heteroatoms. The largest absolute Gasteiger partial charge is 0.461 e. The Morgan fingerprint density at radius 1 is 0.929 bits per heavy atom. The third-order valence-corrected chi connectivity index (χ3v) is 5.92. The van der Waals surface area contributed by atoms with Gasteiger partial charge in [0.2, 0.25) is 0 Å². The van der Waals surface area contributed by atoms with E-state index in [1.54, 1.807) is 12.1 Å². The SMILES string of the molecule is CC(C)[C@H]1CC[C@@H](C)C[C@H]1OC(=O)[C@@H](C(=O)c1ccccc1)c1ccccc1. The van der Waals surface area contributed by atoms with Crippen LogP contribution in [0.2, 0.25) is 0 Å². The molecule has 0 spiro atoms. The van der Waals surface area contributed by atoms with Gasteiger partial charge in [-0.25, -0.2) is 0 Å². The first-order chi connectivity index (χ1) is 13.5. The lowest BCUT2D eigenvalue weighted by molar-refractivity contribution is -0.156. The summed E-state index contributed by atoms with van der Waals surface area (Å²) in [7, 11) is 0. The Hall–Kier alpha value is -2.42. The summed E-state index contributed by atoms with van der Waals surface area (Å²) in [5, 5.41) is 0. The number of carbonyl (C=O) groups is 2. The third kappa shape index (κ3) is 4.70. The number of esters is 1. The van der Waals surface area contributed by atoms with Crippen LogP contribution in [0.3, 0.4) is 0 Å². The molecule has 4 atom stereocenters. The predicted octanol–water partition coefficient (Wildman–Crippen LogP) is 5.66. The van der Waals surface area contributed by atoms with Crippen molar-refractivity contribution in [2.75, 3.05) is 0 Å². The van der Waals surface area contributed by atoms with Crippen molar-refractivity contribution < 1.29 is 14.3 Å². The van der Waals surface area contributed by atoms with Gasteiger partial charge in [0.05, 0.1) is 0 Å². The second-order valence-corrected chi connectivity index (χ2v) is 8.38. The van der Waals surface area contributed by atoms with Crippen molar-refractivity contribution >= 4 is 11.8 Å². The molecule has 0 radical (unpaired) electrons. The van der Waals surface area contributed by atoms with Crippen molar-refractivity contribution in [1.82, 2.24) is 0 Å². The second-order valence-electron chi connectivity index (χ2n) is 8.38. The Morgan fingerprint density at radius 2 is 1.54 bits per heavy atom. The van der Waals surface area contributed by atoms with Crippen LogP contribution in [0.4, 0.5) is 0 Å². The molecule has 28 heavy (non-hydrogen) atoms. The molecule has 0 heterocycles. The van der Waals surface area contributed by atoms with Gasteiger partial charge in [-0.15, -0.1) is 0 Å². The van der Waals surface area contributed by atoms with Gasteiger partial charge in [-0.1, -0.05) is 87.9 Å². The molecule has 1 saturated carbocycles. The molecule has 0 aliphatic heterocycles. The summed E-state index contributed by atoms with van der Waals surface area (Å²) in [5.41, 5.74) is 1.22. The first kappa shape index (κ1) is 20.3. The van der Waals surface area contributed by atoms with Crippen LogP contribution in [0, 0.1) is 17.8 Å². The maximum atomic E-state index is 13.3. The molecule has 0 N–H and O–H groups in total. The Morgan fingerprint density at radius 3 is 2.14 bits per heavy atom. The van der Waals surface area contributed by atoms with Crippen molar-refractivity contribution in [1.29, 1.82) is 0 Å². The first-order valence-electron chi connectivity index (χ1n) is 10.3. The minimum Gasteiger partial charge on any atom is -0.461 e. The summed E-state index contributed by atoms with van der Waals surface area (Å²) in [6, 6.07) is 18.3. The monoisotopic (exact) mass is 378 g/mol. The highest BCUT2D eigenvalue weighted by Gasteiger charge is 2.37. The van der Waals surface area contributed by atoms with Crippen LogP contribution in [-0.4, -0.2) is 17.9 Å². The van der Waals surface area contributed by atoms with Gasteiger partial charge in [0.1, 0.15) is 12.0 Å². The van der Waals surface area contributed by atoms with Crippen molar-refractivity contribution in [3.05, 3.63) is 71.8 Å². The van der Waals surface area contributed by atoms with Gasteiger partial charge in [-0.2, -0.15) is 0 Å². The van der Waals surface area contributed by atoms with Crippen LogP contribution in [0.1, 0.15) is 61.9 Å². The fraction of sp³-hybridized carbons (Fsp3) is 0.440. The lowest BCUT2D eigenvalue weighted by Gasteiger charge is -2.37. The predicted molar refractivity (Wildman–Crippen MR) is 111 cm³/mol. The zero-order valence-electron chi connectivity index (χ0n) is 17.0. The zero-order valence-corrected chi connectivity index (χ0v) is 17.0. The van der Waals surface area contributed by atoms with Crippen LogP contribution in [-0.2, 0) is 9.53 Å². The Kier molecular flexibility index (Phi) is 6.66. The van der Waals surface area contributed by atoms with Gasteiger partial charge in [0.25, 0.3) is 0 Å². The minimum atomic E-state index is -0.923. The average Bonchev–Trinajstić information content (AvgIpc) is 2.69. The number of ether oxygens (including phenoxy) is 1. The number of carbonyl (C=O) groups excluding carboxylic acids is 2. The fourth-order valence-electron chi connectivity index (χ4n) is 4.28. The smallest absolute Gasteiger partial charge is 0.321 e. The van der Waals surface area contributed by atoms with Crippen LogP contribution < -0.4 is 0 Å². The highest BCUT2D eigenvalue weighted by atomic mass is 16.5. The van der Waals surface area contributed by atoms with E-state index in [0.717, 1.165) is 12.8 Å². The van der Waals surface area contributed by atoms with Gasteiger partial charge < -0.3 is 4.74 Å². The van der Waals surface area contributed by atoms with Crippen LogP contribution in [0.25, 0.3) is 0 Å². The van der Waals surface area contributed by atoms with E-state index in [1.165, 1.54) is 6.42 Å². The van der Waals surface area contributed by atoms with Crippen LogP contribution >= 0.6 is 0 Å². The lowest BCUT2D eigenvalue weighted by Crippen LogP contribution is -2.38. The molecule has 3 rings (SSSR count). The molecule has 2 aromatic carbocycles. The minimum absolute atomic E-state index is 0.119. The highest BCUT2D eigenvalue weighted by Crippen LogP contribution is 2.36. The van der Waals surface area contributed by atoms with E-state index in [2.05, 4.69) is 20.8 Å². The molecule has 2 aromatic rings. The van der Waals surface area contributed by atoms with E-state index in [4.69, 9.17) is 4.74 Å². The first-order valence-corrected chi connectivity index (χ1v) is 10.3. The van der Waals surface area contributed by atoms with Gasteiger partial charge in [-0.3, -0.25) is 9.59 Å². The quantitative estimate of drug-likeness (QED) is 0.370. The number of ketones is 1. The molecule has 1 fully saturated rings. The summed E-state index contributed by atoms with van der Waals surface area (Å²) in [6.07, 6.45) is 2.99. The topological polar surface area (TPSA) is 43.4 Å². The van der Waals surface area contributed by atoms with E-state index in [-0.39, 0.29) is 11.9 Å². The van der Waals surface area contributed by atoms with E-state index < -0.39 is 11.9 Å². The molecular formula is C25H30O3. The molecule has 148 valence electrons. The van der Waals surface area contributed by atoms with E-state index in [0.29, 0.717) is 28.9 Å². The van der Waals surface area contributed by atoms with E-state index in [9.17, 15) is 9.59 Å². The van der Waals surface area contributed by atoms with Gasteiger partial charge in [-0.05, 0) is 36.2 Å². The van der Waals surface area contributed by atoms with Crippen molar-refractivity contribution in [3.8, 4) is 0 Å². The summed E-state index contributed by atoms with van der Waals surface area (Å²) < 4.78 is 6.04. The van der Waals surface area contributed by atoms with Gasteiger partial charge in [0, 0.05) is 5.56 Å². The Labute approximate surface area is 168 Å². The zero-order chi connectivity index (χ0) is 20.1.